The highest BCUT2D eigenvalue weighted by Gasteiger charge is 2.04. The fourth-order valence-electron chi connectivity index (χ4n) is 10.1. The molecule has 384 valence electrons. The van der Waals surface area contributed by atoms with Gasteiger partial charge < -0.3 is 4.74 Å². The van der Waals surface area contributed by atoms with Gasteiger partial charge in [0.05, 0.1) is 6.61 Å². The van der Waals surface area contributed by atoms with E-state index in [4.69, 9.17) is 4.74 Å². The van der Waals surface area contributed by atoms with E-state index in [9.17, 15) is 4.79 Å². The zero-order chi connectivity index (χ0) is 46.0. The molecule has 0 bridgehead atoms. The average molecular weight is 902 g/mol. The van der Waals surface area contributed by atoms with Crippen molar-refractivity contribution in [1.29, 1.82) is 0 Å². The van der Waals surface area contributed by atoms with Gasteiger partial charge in [-0.3, -0.25) is 4.79 Å². The Kier molecular flexibility index (Phi) is 60.0. The third kappa shape index (κ3) is 59.5. The lowest BCUT2D eigenvalue weighted by molar-refractivity contribution is -0.143. The summed E-state index contributed by atoms with van der Waals surface area (Å²) in [6, 6.07) is 0. The average Bonchev–Trinajstić information content (AvgIpc) is 3.30. The second-order valence-corrected chi connectivity index (χ2v) is 21.4. The summed E-state index contributed by atoms with van der Waals surface area (Å²) in [7, 11) is 0. The highest BCUT2D eigenvalue weighted by molar-refractivity contribution is 5.69. The molecule has 0 radical (unpaired) electrons. The first-order valence-corrected chi connectivity index (χ1v) is 31.0. The van der Waals surface area contributed by atoms with Crippen LogP contribution < -0.4 is 0 Å². The van der Waals surface area contributed by atoms with E-state index in [-0.39, 0.29) is 5.97 Å². The van der Waals surface area contributed by atoms with Crippen LogP contribution in [0.25, 0.3) is 0 Å². The molecule has 0 fully saturated rings. The lowest BCUT2D eigenvalue weighted by Gasteiger charge is -2.06. The minimum absolute atomic E-state index is 0.0370. The third-order valence-electron chi connectivity index (χ3n) is 14.7. The van der Waals surface area contributed by atoms with Crippen LogP contribution in [0, 0.1) is 0 Å². The maximum atomic E-state index is 12.1. The van der Waals surface area contributed by atoms with Gasteiger partial charge >= 0.3 is 5.97 Å². The summed E-state index contributed by atoms with van der Waals surface area (Å²) in [6.45, 7) is 5.25. The number of carbonyl (C=O) groups excluding carboxylic acids is 1. The van der Waals surface area contributed by atoms with Crippen molar-refractivity contribution in [3.8, 4) is 0 Å². The van der Waals surface area contributed by atoms with Crippen LogP contribution in [0.3, 0.4) is 0 Å². The number of hydrogen-bond donors (Lipinski definition) is 0. The number of unbranched alkanes of at least 4 members (excludes halogenated alkanes) is 55. The van der Waals surface area contributed by atoms with Crippen LogP contribution >= 0.6 is 0 Å². The largest absolute Gasteiger partial charge is 0.466 e. The molecule has 64 heavy (non-hydrogen) atoms. The van der Waals surface area contributed by atoms with Gasteiger partial charge in [0.2, 0.25) is 0 Å². The van der Waals surface area contributed by atoms with E-state index in [0.717, 1.165) is 12.8 Å². The molecule has 0 N–H and O–H groups in total. The smallest absolute Gasteiger partial charge is 0.305 e. The Balaban J connectivity index is 3.14. The second-order valence-electron chi connectivity index (χ2n) is 21.4. The van der Waals surface area contributed by atoms with Crippen molar-refractivity contribution in [3.63, 3.8) is 0 Å². The Morgan fingerprint density at radius 2 is 0.344 bits per heavy atom. The lowest BCUT2D eigenvalue weighted by Crippen LogP contribution is -2.05. The fourth-order valence-corrected chi connectivity index (χ4v) is 10.1. The Bertz CT molecular complexity index is 807. The van der Waals surface area contributed by atoms with Crippen molar-refractivity contribution >= 4 is 5.97 Å². The molecule has 0 aromatic rings. The number of esters is 1. The van der Waals surface area contributed by atoms with E-state index >= 15 is 0 Å². The van der Waals surface area contributed by atoms with Crippen LogP contribution in [0.15, 0.2) is 0 Å². The minimum Gasteiger partial charge on any atom is -0.466 e. The summed E-state index contributed by atoms with van der Waals surface area (Å²) in [5.74, 6) is 0.0370. The monoisotopic (exact) mass is 901 g/mol. The molecule has 0 saturated carbocycles. The first kappa shape index (κ1) is 63.5. The van der Waals surface area contributed by atoms with Crippen molar-refractivity contribution in [3.05, 3.63) is 0 Å². The van der Waals surface area contributed by atoms with Gasteiger partial charge in [0, 0.05) is 6.42 Å². The number of ether oxygens (including phenoxy) is 1. The summed E-state index contributed by atoms with van der Waals surface area (Å²) in [6.07, 6.45) is 81.7. The van der Waals surface area contributed by atoms with Crippen LogP contribution in [0.5, 0.6) is 0 Å². The summed E-state index contributed by atoms with van der Waals surface area (Å²) in [5.41, 5.74) is 0. The molecule has 0 aliphatic rings. The predicted octanol–water partition coefficient (Wildman–Crippen LogP) is 23.2. The number of rotatable bonds is 59. The lowest BCUT2D eigenvalue weighted by atomic mass is 10.0. The van der Waals surface area contributed by atoms with Crippen LogP contribution in [-0.2, 0) is 9.53 Å². The highest BCUT2D eigenvalue weighted by atomic mass is 16.5. The predicted molar refractivity (Wildman–Crippen MR) is 290 cm³/mol. The molecule has 0 unspecified atom stereocenters. The van der Waals surface area contributed by atoms with Crippen LogP contribution in [0.1, 0.15) is 386 Å². The van der Waals surface area contributed by atoms with Crippen molar-refractivity contribution in [2.24, 2.45) is 0 Å². The maximum absolute atomic E-state index is 12.1. The van der Waals surface area contributed by atoms with Gasteiger partial charge in [0.25, 0.3) is 0 Å². The SMILES string of the molecule is CCCCCCCCCCCCCCCCCCCCCCCCCCCCCCCCCCC(=O)OCCCCCCCCCCCCCCCCCCCCCCCCCCC. The Hall–Kier alpha value is -0.530. The molecule has 2 nitrogen and oxygen atoms in total. The Morgan fingerprint density at radius 3 is 0.516 bits per heavy atom. The van der Waals surface area contributed by atoms with Gasteiger partial charge in [0.15, 0.2) is 0 Å². The highest BCUT2D eigenvalue weighted by Crippen LogP contribution is 2.19. The van der Waals surface area contributed by atoms with E-state index < -0.39 is 0 Å². The first-order chi connectivity index (χ1) is 31.8. The molecule has 0 aromatic heterocycles. The molecule has 0 amide bonds. The molecule has 0 spiro atoms. The van der Waals surface area contributed by atoms with Crippen molar-refractivity contribution in [2.45, 2.75) is 386 Å². The molecular formula is C62H124O2. The zero-order valence-electron chi connectivity index (χ0n) is 45.0. The van der Waals surface area contributed by atoms with Gasteiger partial charge in [-0.15, -0.1) is 0 Å². The van der Waals surface area contributed by atoms with Gasteiger partial charge in [-0.25, -0.2) is 0 Å². The van der Waals surface area contributed by atoms with Crippen LogP contribution in [0.4, 0.5) is 0 Å². The minimum atomic E-state index is 0.0370. The molecule has 0 aliphatic heterocycles. The Morgan fingerprint density at radius 1 is 0.203 bits per heavy atom. The molecule has 2 heteroatoms. The quantitative estimate of drug-likeness (QED) is 0.0449. The van der Waals surface area contributed by atoms with Crippen molar-refractivity contribution in [1.82, 2.24) is 0 Å². The summed E-state index contributed by atoms with van der Waals surface area (Å²) in [5, 5.41) is 0. The van der Waals surface area contributed by atoms with Crippen LogP contribution in [0.2, 0.25) is 0 Å². The first-order valence-electron chi connectivity index (χ1n) is 31.0. The second kappa shape index (κ2) is 60.5. The summed E-state index contributed by atoms with van der Waals surface area (Å²) in [4.78, 5) is 12.1. The Labute approximate surface area is 406 Å². The summed E-state index contributed by atoms with van der Waals surface area (Å²) >= 11 is 0. The molecule has 0 aliphatic carbocycles. The van der Waals surface area contributed by atoms with Crippen LogP contribution in [-0.4, -0.2) is 12.6 Å². The standard InChI is InChI=1S/C62H124O2/c1-3-5-7-9-11-13-15-17-19-21-23-25-27-29-30-31-32-33-34-35-36-38-40-42-44-46-48-50-52-54-56-58-60-62(63)64-61-59-57-55-53-51-49-47-45-43-41-39-37-28-26-24-22-20-18-16-14-12-10-8-6-4-2/h3-61H2,1-2H3. The normalized spacial score (nSPS) is 11.6. The molecule has 0 aromatic carbocycles. The van der Waals surface area contributed by atoms with E-state index in [1.165, 1.54) is 353 Å². The maximum Gasteiger partial charge on any atom is 0.305 e. The van der Waals surface area contributed by atoms with E-state index in [0.29, 0.717) is 13.0 Å². The summed E-state index contributed by atoms with van der Waals surface area (Å²) < 4.78 is 5.52. The molecule has 0 saturated heterocycles. The molecule has 0 rings (SSSR count). The van der Waals surface area contributed by atoms with E-state index in [1.54, 1.807) is 0 Å². The van der Waals surface area contributed by atoms with E-state index in [1.807, 2.05) is 0 Å². The molecular weight excluding hydrogens is 777 g/mol. The number of carbonyl (C=O) groups is 1. The van der Waals surface area contributed by atoms with Crippen molar-refractivity contribution < 1.29 is 9.53 Å². The molecule has 0 heterocycles. The third-order valence-corrected chi connectivity index (χ3v) is 14.7. The number of hydrogen-bond acceptors (Lipinski definition) is 2. The topological polar surface area (TPSA) is 26.3 Å². The van der Waals surface area contributed by atoms with Crippen molar-refractivity contribution in [2.75, 3.05) is 6.61 Å². The molecule has 0 atom stereocenters. The van der Waals surface area contributed by atoms with Gasteiger partial charge in [-0.2, -0.15) is 0 Å². The van der Waals surface area contributed by atoms with E-state index in [2.05, 4.69) is 13.8 Å². The zero-order valence-corrected chi connectivity index (χ0v) is 45.0. The van der Waals surface area contributed by atoms with Gasteiger partial charge in [-0.1, -0.05) is 367 Å². The fraction of sp³-hybridized carbons (Fsp3) is 0.984. The van der Waals surface area contributed by atoms with Gasteiger partial charge in [0.1, 0.15) is 0 Å². The van der Waals surface area contributed by atoms with Gasteiger partial charge in [-0.05, 0) is 12.8 Å².